The zero-order valence-electron chi connectivity index (χ0n) is 22.6. The average Bonchev–Trinajstić information content (AvgIpc) is 2.79. The summed E-state index contributed by atoms with van der Waals surface area (Å²) in [6.07, 6.45) is 21.1. The number of rotatable bonds is 24. The summed E-state index contributed by atoms with van der Waals surface area (Å²) < 4.78 is 10.6. The van der Waals surface area contributed by atoms with Crippen molar-refractivity contribution in [2.75, 3.05) is 13.2 Å². The van der Waals surface area contributed by atoms with E-state index in [1.165, 1.54) is 51.4 Å². The van der Waals surface area contributed by atoms with Crippen molar-refractivity contribution in [2.45, 2.75) is 150 Å². The predicted molar refractivity (Wildman–Crippen MR) is 139 cm³/mol. The van der Waals surface area contributed by atoms with Gasteiger partial charge in [-0.25, -0.2) is 0 Å². The van der Waals surface area contributed by atoms with Gasteiger partial charge in [-0.2, -0.15) is 0 Å². The van der Waals surface area contributed by atoms with Crippen molar-refractivity contribution < 1.29 is 19.1 Å². The molecule has 0 spiro atoms. The van der Waals surface area contributed by atoms with Crippen LogP contribution >= 0.6 is 0 Å². The lowest BCUT2D eigenvalue weighted by Gasteiger charge is -2.20. The van der Waals surface area contributed by atoms with Crippen molar-refractivity contribution in [3.63, 3.8) is 0 Å². The molecule has 0 N–H and O–H groups in total. The second-order valence-corrected chi connectivity index (χ2v) is 10.1. The summed E-state index contributed by atoms with van der Waals surface area (Å²) in [5.41, 5.74) is 0. The lowest BCUT2D eigenvalue weighted by atomic mass is 9.86. The molecule has 0 aliphatic rings. The van der Waals surface area contributed by atoms with Crippen LogP contribution in [0.15, 0.2) is 0 Å². The molecule has 1 atom stereocenters. The van der Waals surface area contributed by atoms with Gasteiger partial charge in [-0.3, -0.25) is 9.59 Å². The van der Waals surface area contributed by atoms with Gasteiger partial charge in [0.15, 0.2) is 0 Å². The molecule has 196 valence electrons. The van der Waals surface area contributed by atoms with Gasteiger partial charge in [0.05, 0.1) is 13.2 Å². The Morgan fingerprint density at radius 2 is 1.00 bits per heavy atom. The number of esters is 2. The highest BCUT2D eigenvalue weighted by molar-refractivity contribution is 5.69. The molecule has 33 heavy (non-hydrogen) atoms. The van der Waals surface area contributed by atoms with Crippen LogP contribution in [0.2, 0.25) is 0 Å². The van der Waals surface area contributed by atoms with E-state index in [1.807, 2.05) is 0 Å². The monoisotopic (exact) mass is 468 g/mol. The van der Waals surface area contributed by atoms with E-state index in [9.17, 15) is 9.59 Å². The maximum atomic E-state index is 11.9. The summed E-state index contributed by atoms with van der Waals surface area (Å²) in [6, 6.07) is 0. The zero-order valence-corrected chi connectivity index (χ0v) is 22.6. The van der Waals surface area contributed by atoms with E-state index in [0.29, 0.717) is 37.9 Å². The highest BCUT2D eigenvalue weighted by atomic mass is 16.5. The summed E-state index contributed by atoms with van der Waals surface area (Å²) in [5.74, 6) is 1.23. The first-order valence-corrected chi connectivity index (χ1v) is 14.3. The highest BCUT2D eigenvalue weighted by Crippen LogP contribution is 2.24. The van der Waals surface area contributed by atoms with Gasteiger partial charge in [0.25, 0.3) is 0 Å². The summed E-state index contributed by atoms with van der Waals surface area (Å²) in [6.45, 7) is 10.1. The predicted octanol–water partition coefficient (Wildman–Crippen LogP) is 8.80. The van der Waals surface area contributed by atoms with Crippen molar-refractivity contribution in [3.05, 3.63) is 0 Å². The van der Waals surface area contributed by atoms with E-state index in [2.05, 4.69) is 27.7 Å². The quantitative estimate of drug-likeness (QED) is 0.105. The van der Waals surface area contributed by atoms with E-state index < -0.39 is 0 Å². The number of unbranched alkanes of at least 4 members (excludes halogenated alkanes) is 12. The number of hydrogen-bond acceptors (Lipinski definition) is 4. The zero-order chi connectivity index (χ0) is 24.6. The Morgan fingerprint density at radius 1 is 0.545 bits per heavy atom. The van der Waals surface area contributed by atoms with E-state index in [0.717, 1.165) is 57.8 Å². The van der Waals surface area contributed by atoms with Gasteiger partial charge in [-0.05, 0) is 37.5 Å². The van der Waals surface area contributed by atoms with Gasteiger partial charge in [0.1, 0.15) is 0 Å². The second-order valence-electron chi connectivity index (χ2n) is 10.1. The topological polar surface area (TPSA) is 52.6 Å². The molecular weight excluding hydrogens is 412 g/mol. The van der Waals surface area contributed by atoms with Crippen LogP contribution in [-0.2, 0) is 19.1 Å². The van der Waals surface area contributed by atoms with Gasteiger partial charge in [-0.1, -0.05) is 111 Å². The minimum Gasteiger partial charge on any atom is -0.466 e. The first-order valence-electron chi connectivity index (χ1n) is 14.3. The molecule has 4 nitrogen and oxygen atoms in total. The molecule has 0 amide bonds. The van der Waals surface area contributed by atoms with Crippen molar-refractivity contribution in [2.24, 2.45) is 11.8 Å². The Balaban J connectivity index is 3.56. The third-order valence-corrected chi connectivity index (χ3v) is 6.64. The van der Waals surface area contributed by atoms with Crippen LogP contribution < -0.4 is 0 Å². The molecule has 0 aromatic carbocycles. The fraction of sp³-hybridized carbons (Fsp3) is 0.931. The lowest BCUT2D eigenvalue weighted by molar-refractivity contribution is -0.145. The van der Waals surface area contributed by atoms with Crippen LogP contribution in [0.3, 0.4) is 0 Å². The smallest absolute Gasteiger partial charge is 0.305 e. The molecule has 0 bridgehead atoms. The van der Waals surface area contributed by atoms with E-state index in [-0.39, 0.29) is 11.9 Å². The molecule has 0 radical (unpaired) electrons. The molecule has 0 aliphatic heterocycles. The number of hydrogen-bond donors (Lipinski definition) is 0. The van der Waals surface area contributed by atoms with Crippen molar-refractivity contribution in [1.82, 2.24) is 0 Å². The van der Waals surface area contributed by atoms with Gasteiger partial charge >= 0.3 is 11.9 Å². The Hall–Kier alpha value is -1.06. The SMILES string of the molecule is CCCCCOC(=O)CCCCCCCCCCCC(CCC(=O)OCCCCC)C(C)C. The molecule has 0 saturated heterocycles. The molecule has 4 heteroatoms. The van der Waals surface area contributed by atoms with E-state index >= 15 is 0 Å². The number of ether oxygens (including phenoxy) is 2. The molecule has 0 heterocycles. The van der Waals surface area contributed by atoms with Crippen molar-refractivity contribution in [3.8, 4) is 0 Å². The second kappa shape index (κ2) is 24.1. The summed E-state index contributed by atoms with van der Waals surface area (Å²) in [7, 11) is 0. The molecule has 0 fully saturated rings. The third-order valence-electron chi connectivity index (χ3n) is 6.64. The standard InChI is InChI=1S/C29H56O4/c1-5-7-18-24-32-28(30)21-17-15-13-11-9-10-12-14-16-20-27(26(3)4)22-23-29(31)33-25-19-8-6-2/h26-27H,5-25H2,1-4H3. The number of carbonyl (C=O) groups excluding carboxylic acids is 2. The average molecular weight is 469 g/mol. The minimum atomic E-state index is -0.0188. The molecule has 0 rings (SSSR count). The summed E-state index contributed by atoms with van der Waals surface area (Å²) in [4.78, 5) is 23.6. The first-order chi connectivity index (χ1) is 16.0. The molecule has 0 aromatic rings. The summed E-state index contributed by atoms with van der Waals surface area (Å²) in [5, 5.41) is 0. The van der Waals surface area contributed by atoms with Crippen LogP contribution in [0.4, 0.5) is 0 Å². The highest BCUT2D eigenvalue weighted by Gasteiger charge is 2.15. The largest absolute Gasteiger partial charge is 0.466 e. The Bertz CT molecular complexity index is 447. The van der Waals surface area contributed by atoms with Gasteiger partial charge in [0.2, 0.25) is 0 Å². The van der Waals surface area contributed by atoms with Crippen LogP contribution in [-0.4, -0.2) is 25.2 Å². The van der Waals surface area contributed by atoms with Crippen molar-refractivity contribution >= 4 is 11.9 Å². The molecule has 0 aliphatic carbocycles. The normalized spacial score (nSPS) is 12.2. The third kappa shape index (κ3) is 22.5. The molecule has 0 aromatic heterocycles. The molecular formula is C29H56O4. The Labute approximate surface area is 206 Å². The Morgan fingerprint density at radius 3 is 1.48 bits per heavy atom. The first kappa shape index (κ1) is 31.9. The van der Waals surface area contributed by atoms with E-state index in [1.54, 1.807) is 0 Å². The molecule has 0 saturated carbocycles. The van der Waals surface area contributed by atoms with Gasteiger partial charge < -0.3 is 9.47 Å². The van der Waals surface area contributed by atoms with Crippen LogP contribution in [0.25, 0.3) is 0 Å². The van der Waals surface area contributed by atoms with Gasteiger partial charge in [0, 0.05) is 12.8 Å². The van der Waals surface area contributed by atoms with Crippen molar-refractivity contribution in [1.29, 1.82) is 0 Å². The lowest BCUT2D eigenvalue weighted by Crippen LogP contribution is -2.13. The fourth-order valence-electron chi connectivity index (χ4n) is 4.25. The molecule has 1 unspecified atom stereocenters. The van der Waals surface area contributed by atoms with E-state index in [4.69, 9.17) is 9.47 Å². The maximum absolute atomic E-state index is 11.9. The minimum absolute atomic E-state index is 0.0133. The van der Waals surface area contributed by atoms with Crippen LogP contribution in [0, 0.1) is 11.8 Å². The Kier molecular flexibility index (Phi) is 23.3. The van der Waals surface area contributed by atoms with Gasteiger partial charge in [-0.15, -0.1) is 0 Å². The van der Waals surface area contributed by atoms with Crippen LogP contribution in [0.1, 0.15) is 150 Å². The fourth-order valence-corrected chi connectivity index (χ4v) is 4.25. The number of carbonyl (C=O) groups is 2. The summed E-state index contributed by atoms with van der Waals surface area (Å²) >= 11 is 0. The van der Waals surface area contributed by atoms with Crippen LogP contribution in [0.5, 0.6) is 0 Å². The maximum Gasteiger partial charge on any atom is 0.305 e.